The molecule has 2 nitrogen and oxygen atoms in total. The van der Waals surface area contributed by atoms with E-state index in [0.29, 0.717) is 6.61 Å². The summed E-state index contributed by atoms with van der Waals surface area (Å²) in [5, 5.41) is 11.0. The van der Waals surface area contributed by atoms with Crippen LogP contribution in [0.5, 0.6) is 0 Å². The van der Waals surface area contributed by atoms with Gasteiger partial charge in [0.1, 0.15) is 5.60 Å². The topological polar surface area (TPSA) is 29.5 Å². The lowest BCUT2D eigenvalue weighted by Crippen LogP contribution is -2.43. The number of benzene rings is 1. The van der Waals surface area contributed by atoms with Gasteiger partial charge < -0.3 is 9.84 Å². The Labute approximate surface area is 104 Å². The van der Waals surface area contributed by atoms with Gasteiger partial charge in [-0.2, -0.15) is 0 Å². The van der Waals surface area contributed by atoms with Crippen LogP contribution in [-0.4, -0.2) is 18.8 Å². The lowest BCUT2D eigenvalue weighted by atomic mass is 9.71. The zero-order valence-corrected chi connectivity index (χ0v) is 11.1. The standard InChI is InChI=1S/C15H22O2/c1-5-11-15(16,14(2,3)12-17-4)13-9-7-6-8-10-13/h5-11,16H,12H2,1-4H3/b11-5+. The van der Waals surface area contributed by atoms with Crippen LogP contribution >= 0.6 is 0 Å². The van der Waals surface area contributed by atoms with Crippen molar-refractivity contribution in [2.75, 3.05) is 13.7 Å². The van der Waals surface area contributed by atoms with Crippen LogP contribution in [0.4, 0.5) is 0 Å². The second kappa shape index (κ2) is 5.48. The predicted octanol–water partition coefficient (Wildman–Crippen LogP) is 3.12. The van der Waals surface area contributed by atoms with Gasteiger partial charge in [0.05, 0.1) is 6.61 Å². The number of ether oxygens (including phenoxy) is 1. The van der Waals surface area contributed by atoms with Gasteiger partial charge in [0.2, 0.25) is 0 Å². The molecular formula is C15H22O2. The van der Waals surface area contributed by atoms with Gasteiger partial charge in [-0.25, -0.2) is 0 Å². The molecule has 0 amide bonds. The Morgan fingerprint density at radius 1 is 1.24 bits per heavy atom. The Hall–Kier alpha value is -1.12. The van der Waals surface area contributed by atoms with E-state index in [1.54, 1.807) is 7.11 Å². The molecule has 0 radical (unpaired) electrons. The van der Waals surface area contributed by atoms with Crippen molar-refractivity contribution in [1.29, 1.82) is 0 Å². The van der Waals surface area contributed by atoms with Gasteiger partial charge in [-0.1, -0.05) is 56.3 Å². The minimum atomic E-state index is -1.01. The minimum absolute atomic E-state index is 0.393. The molecule has 1 unspecified atom stereocenters. The second-order valence-electron chi connectivity index (χ2n) is 4.95. The third-order valence-corrected chi connectivity index (χ3v) is 3.16. The van der Waals surface area contributed by atoms with E-state index in [1.807, 2.05) is 63.3 Å². The van der Waals surface area contributed by atoms with Crippen LogP contribution in [0, 0.1) is 5.41 Å². The molecule has 1 rings (SSSR count). The van der Waals surface area contributed by atoms with Crippen molar-refractivity contribution in [3.05, 3.63) is 48.0 Å². The van der Waals surface area contributed by atoms with Crippen LogP contribution in [0.3, 0.4) is 0 Å². The van der Waals surface area contributed by atoms with Crippen molar-refractivity contribution >= 4 is 0 Å². The normalized spacial score (nSPS) is 16.1. The van der Waals surface area contributed by atoms with Gasteiger partial charge in [-0.3, -0.25) is 0 Å². The van der Waals surface area contributed by atoms with E-state index in [-0.39, 0.29) is 0 Å². The molecule has 17 heavy (non-hydrogen) atoms. The van der Waals surface area contributed by atoms with Crippen LogP contribution in [0.1, 0.15) is 26.3 Å². The lowest BCUT2D eigenvalue weighted by molar-refractivity contribution is -0.0684. The molecule has 94 valence electrons. The number of hydrogen-bond acceptors (Lipinski definition) is 2. The minimum Gasteiger partial charge on any atom is -0.384 e. The molecule has 0 spiro atoms. The zero-order valence-electron chi connectivity index (χ0n) is 11.1. The highest BCUT2D eigenvalue weighted by molar-refractivity contribution is 5.30. The monoisotopic (exact) mass is 234 g/mol. The van der Waals surface area contributed by atoms with Gasteiger partial charge in [0, 0.05) is 12.5 Å². The molecule has 0 aliphatic heterocycles. The maximum absolute atomic E-state index is 11.0. The molecule has 0 aliphatic rings. The molecule has 0 aromatic heterocycles. The van der Waals surface area contributed by atoms with Crippen molar-refractivity contribution in [3.63, 3.8) is 0 Å². The van der Waals surface area contributed by atoms with Gasteiger partial charge in [0.25, 0.3) is 0 Å². The molecule has 1 N–H and O–H groups in total. The first-order valence-electron chi connectivity index (χ1n) is 5.88. The first-order chi connectivity index (χ1) is 7.98. The fraction of sp³-hybridized carbons (Fsp3) is 0.467. The number of rotatable bonds is 5. The average Bonchev–Trinajstić information content (AvgIpc) is 2.30. The van der Waals surface area contributed by atoms with Gasteiger partial charge in [-0.15, -0.1) is 0 Å². The number of hydrogen-bond donors (Lipinski definition) is 1. The predicted molar refractivity (Wildman–Crippen MR) is 70.8 cm³/mol. The van der Waals surface area contributed by atoms with Gasteiger partial charge in [-0.05, 0) is 12.5 Å². The van der Waals surface area contributed by atoms with Crippen LogP contribution in [-0.2, 0) is 10.3 Å². The van der Waals surface area contributed by atoms with Crippen LogP contribution in [0.25, 0.3) is 0 Å². The third kappa shape index (κ3) is 2.76. The molecule has 2 heteroatoms. The summed E-state index contributed by atoms with van der Waals surface area (Å²) in [4.78, 5) is 0. The van der Waals surface area contributed by atoms with Gasteiger partial charge in [0.15, 0.2) is 0 Å². The molecule has 0 heterocycles. The van der Waals surface area contributed by atoms with Crippen molar-refractivity contribution in [1.82, 2.24) is 0 Å². The summed E-state index contributed by atoms with van der Waals surface area (Å²) in [5.74, 6) is 0. The van der Waals surface area contributed by atoms with Crippen LogP contribution in [0.15, 0.2) is 42.5 Å². The van der Waals surface area contributed by atoms with Gasteiger partial charge >= 0.3 is 0 Å². The van der Waals surface area contributed by atoms with E-state index in [4.69, 9.17) is 4.74 Å². The Kier molecular flexibility index (Phi) is 4.49. The summed E-state index contributed by atoms with van der Waals surface area (Å²) in [6.45, 7) is 6.41. The van der Waals surface area contributed by atoms with E-state index >= 15 is 0 Å². The number of methoxy groups -OCH3 is 1. The molecule has 1 aromatic rings. The summed E-state index contributed by atoms with van der Waals surface area (Å²) >= 11 is 0. The van der Waals surface area contributed by atoms with E-state index < -0.39 is 11.0 Å². The summed E-state index contributed by atoms with van der Waals surface area (Å²) in [7, 11) is 1.66. The SMILES string of the molecule is C/C=C/C(O)(c1ccccc1)C(C)(C)COC. The molecule has 1 aromatic carbocycles. The van der Waals surface area contributed by atoms with Crippen molar-refractivity contribution in [3.8, 4) is 0 Å². The Morgan fingerprint density at radius 3 is 2.29 bits per heavy atom. The lowest BCUT2D eigenvalue weighted by Gasteiger charge is -2.40. The second-order valence-corrected chi connectivity index (χ2v) is 4.95. The van der Waals surface area contributed by atoms with E-state index in [2.05, 4.69) is 0 Å². The highest BCUT2D eigenvalue weighted by Gasteiger charge is 2.42. The molecule has 0 bridgehead atoms. The summed E-state index contributed by atoms with van der Waals surface area (Å²) in [5.41, 5.74) is -0.519. The van der Waals surface area contributed by atoms with E-state index in [0.717, 1.165) is 5.56 Å². The van der Waals surface area contributed by atoms with Crippen molar-refractivity contribution in [2.45, 2.75) is 26.4 Å². The molecular weight excluding hydrogens is 212 g/mol. The first kappa shape index (κ1) is 13.9. The maximum atomic E-state index is 11.0. The maximum Gasteiger partial charge on any atom is 0.115 e. The zero-order chi connectivity index (χ0) is 12.9. The summed E-state index contributed by atoms with van der Waals surface area (Å²) in [6, 6.07) is 9.71. The quantitative estimate of drug-likeness (QED) is 0.793. The average molecular weight is 234 g/mol. The molecule has 0 aliphatic carbocycles. The Morgan fingerprint density at radius 2 is 1.82 bits per heavy atom. The van der Waals surface area contributed by atoms with Crippen LogP contribution < -0.4 is 0 Å². The Bertz CT molecular complexity index is 368. The van der Waals surface area contributed by atoms with Crippen LogP contribution in [0.2, 0.25) is 0 Å². The van der Waals surface area contributed by atoms with Crippen molar-refractivity contribution in [2.24, 2.45) is 5.41 Å². The fourth-order valence-corrected chi connectivity index (χ4v) is 2.12. The summed E-state index contributed by atoms with van der Waals surface area (Å²) in [6.07, 6.45) is 3.71. The highest BCUT2D eigenvalue weighted by Crippen LogP contribution is 2.41. The van der Waals surface area contributed by atoms with Crippen molar-refractivity contribution < 1.29 is 9.84 Å². The Balaban J connectivity index is 3.23. The highest BCUT2D eigenvalue weighted by atomic mass is 16.5. The van der Waals surface area contributed by atoms with E-state index in [9.17, 15) is 5.11 Å². The third-order valence-electron chi connectivity index (χ3n) is 3.16. The molecule has 0 fully saturated rings. The molecule has 0 saturated carbocycles. The number of aliphatic hydroxyl groups is 1. The molecule has 0 saturated heterocycles. The summed E-state index contributed by atoms with van der Waals surface area (Å²) < 4.78 is 5.23. The molecule has 1 atom stereocenters. The smallest absolute Gasteiger partial charge is 0.115 e. The fourth-order valence-electron chi connectivity index (χ4n) is 2.12. The largest absolute Gasteiger partial charge is 0.384 e. The van der Waals surface area contributed by atoms with E-state index in [1.165, 1.54) is 0 Å². The first-order valence-corrected chi connectivity index (χ1v) is 5.88. The number of allylic oxidation sites excluding steroid dienone is 1.